The minimum atomic E-state index is -0.258. The van der Waals surface area contributed by atoms with Crippen molar-refractivity contribution in [3.63, 3.8) is 0 Å². The summed E-state index contributed by atoms with van der Waals surface area (Å²) < 4.78 is 0. The van der Waals surface area contributed by atoms with Gasteiger partial charge in [-0.1, -0.05) is 42.5 Å². The second-order valence-electron chi connectivity index (χ2n) is 8.04. The van der Waals surface area contributed by atoms with E-state index in [1.807, 2.05) is 60.5 Å². The monoisotopic (exact) mass is 372 g/mol. The van der Waals surface area contributed by atoms with Crippen LogP contribution in [0.4, 0.5) is 5.82 Å². The molecule has 1 aromatic heterocycles. The molecule has 5 nitrogen and oxygen atoms in total. The van der Waals surface area contributed by atoms with E-state index in [1.54, 1.807) is 0 Å². The molecule has 2 aromatic carbocycles. The molecule has 2 aliphatic rings. The zero-order valence-electron chi connectivity index (χ0n) is 16.1. The van der Waals surface area contributed by atoms with Gasteiger partial charge in [-0.05, 0) is 31.4 Å². The molecule has 0 N–H and O–H groups in total. The van der Waals surface area contributed by atoms with E-state index in [4.69, 9.17) is 9.97 Å². The highest BCUT2D eigenvalue weighted by Gasteiger charge is 2.48. The Morgan fingerprint density at radius 2 is 1.71 bits per heavy atom. The van der Waals surface area contributed by atoms with E-state index in [-0.39, 0.29) is 5.41 Å². The SMILES string of the molecule is CN1CCC[C@]2(CCN(c3nc(-c4ccccc4)nc4ccccc34)C2)C1=O. The van der Waals surface area contributed by atoms with Gasteiger partial charge in [0.25, 0.3) is 0 Å². The predicted octanol–water partition coefficient (Wildman–Crippen LogP) is 3.75. The van der Waals surface area contributed by atoms with Gasteiger partial charge < -0.3 is 9.80 Å². The average molecular weight is 372 g/mol. The lowest BCUT2D eigenvalue weighted by molar-refractivity contribution is -0.143. The molecular weight excluding hydrogens is 348 g/mol. The maximum atomic E-state index is 12.9. The van der Waals surface area contributed by atoms with Gasteiger partial charge in [0.1, 0.15) is 5.82 Å². The highest BCUT2D eigenvalue weighted by Crippen LogP contribution is 2.42. The second-order valence-corrected chi connectivity index (χ2v) is 8.04. The molecule has 2 fully saturated rings. The highest BCUT2D eigenvalue weighted by molar-refractivity contribution is 5.92. The molecule has 1 amide bonds. The van der Waals surface area contributed by atoms with Crippen LogP contribution >= 0.6 is 0 Å². The van der Waals surface area contributed by atoms with Gasteiger partial charge in [-0.3, -0.25) is 4.79 Å². The van der Waals surface area contributed by atoms with Crippen LogP contribution in [-0.4, -0.2) is 47.5 Å². The average Bonchev–Trinajstić information content (AvgIpc) is 3.17. The van der Waals surface area contributed by atoms with E-state index in [0.717, 1.165) is 67.0 Å². The number of hydrogen-bond donors (Lipinski definition) is 0. The predicted molar refractivity (Wildman–Crippen MR) is 111 cm³/mol. The summed E-state index contributed by atoms with van der Waals surface area (Å²) >= 11 is 0. The highest BCUT2D eigenvalue weighted by atomic mass is 16.2. The third-order valence-corrected chi connectivity index (χ3v) is 6.22. The number of rotatable bonds is 2. The van der Waals surface area contributed by atoms with Gasteiger partial charge in [-0.2, -0.15) is 0 Å². The number of likely N-dealkylation sites (tertiary alicyclic amines) is 1. The largest absolute Gasteiger partial charge is 0.355 e. The lowest BCUT2D eigenvalue weighted by atomic mass is 9.78. The smallest absolute Gasteiger partial charge is 0.230 e. The summed E-state index contributed by atoms with van der Waals surface area (Å²) in [5.41, 5.74) is 1.70. The number of para-hydroxylation sites is 1. The molecule has 5 heteroatoms. The summed E-state index contributed by atoms with van der Waals surface area (Å²) in [7, 11) is 1.93. The summed E-state index contributed by atoms with van der Waals surface area (Å²) in [4.78, 5) is 26.9. The van der Waals surface area contributed by atoms with Crippen molar-refractivity contribution in [1.82, 2.24) is 14.9 Å². The molecule has 1 atom stereocenters. The Bertz CT molecular complexity index is 1040. The van der Waals surface area contributed by atoms with E-state index in [1.165, 1.54) is 0 Å². The Labute approximate surface area is 165 Å². The van der Waals surface area contributed by atoms with Crippen LogP contribution in [0.25, 0.3) is 22.3 Å². The summed E-state index contributed by atoms with van der Waals surface area (Å²) in [6.45, 7) is 2.47. The van der Waals surface area contributed by atoms with Gasteiger partial charge in [0, 0.05) is 37.6 Å². The fourth-order valence-electron chi connectivity index (χ4n) is 4.72. The van der Waals surface area contributed by atoms with Crippen molar-refractivity contribution < 1.29 is 4.79 Å². The molecule has 1 spiro atoms. The van der Waals surface area contributed by atoms with E-state index < -0.39 is 0 Å². The van der Waals surface area contributed by atoms with Gasteiger partial charge in [-0.15, -0.1) is 0 Å². The van der Waals surface area contributed by atoms with Crippen LogP contribution in [0.15, 0.2) is 54.6 Å². The minimum absolute atomic E-state index is 0.258. The van der Waals surface area contributed by atoms with Crippen molar-refractivity contribution in [2.75, 3.05) is 31.6 Å². The van der Waals surface area contributed by atoms with Gasteiger partial charge in [0.2, 0.25) is 5.91 Å². The van der Waals surface area contributed by atoms with Crippen LogP contribution in [0.1, 0.15) is 19.3 Å². The van der Waals surface area contributed by atoms with Crippen molar-refractivity contribution in [1.29, 1.82) is 0 Å². The lowest BCUT2D eigenvalue weighted by Crippen LogP contribution is -2.48. The molecular formula is C23H24N4O. The van der Waals surface area contributed by atoms with Gasteiger partial charge >= 0.3 is 0 Å². The first kappa shape index (κ1) is 17.2. The number of nitrogens with zero attached hydrogens (tertiary/aromatic N) is 4. The fourth-order valence-corrected chi connectivity index (χ4v) is 4.72. The quantitative estimate of drug-likeness (QED) is 0.687. The number of benzene rings is 2. The van der Waals surface area contributed by atoms with E-state index in [0.29, 0.717) is 5.91 Å². The van der Waals surface area contributed by atoms with E-state index in [9.17, 15) is 4.79 Å². The van der Waals surface area contributed by atoms with Crippen molar-refractivity contribution in [3.05, 3.63) is 54.6 Å². The van der Waals surface area contributed by atoms with Crippen LogP contribution in [0.5, 0.6) is 0 Å². The molecule has 0 bridgehead atoms. The van der Waals surface area contributed by atoms with Crippen LogP contribution in [0.3, 0.4) is 0 Å². The summed E-state index contributed by atoms with van der Waals surface area (Å²) in [5.74, 6) is 1.98. The number of hydrogen-bond acceptors (Lipinski definition) is 4. The van der Waals surface area contributed by atoms with E-state index in [2.05, 4.69) is 11.0 Å². The third kappa shape index (κ3) is 2.73. The molecule has 3 aromatic rings. The molecule has 0 saturated carbocycles. The number of carbonyl (C=O) groups excluding carboxylic acids is 1. The molecule has 5 rings (SSSR count). The van der Waals surface area contributed by atoms with Crippen LogP contribution < -0.4 is 4.90 Å². The normalized spacial score (nSPS) is 22.4. The first-order valence-corrected chi connectivity index (χ1v) is 9.99. The van der Waals surface area contributed by atoms with Crippen molar-refractivity contribution in [3.8, 4) is 11.4 Å². The second kappa shape index (κ2) is 6.59. The Balaban J connectivity index is 1.58. The first-order chi connectivity index (χ1) is 13.7. The Kier molecular flexibility index (Phi) is 4.04. The maximum Gasteiger partial charge on any atom is 0.230 e. The Morgan fingerprint density at radius 3 is 2.57 bits per heavy atom. The van der Waals surface area contributed by atoms with Gasteiger partial charge in [0.15, 0.2) is 5.82 Å². The molecule has 142 valence electrons. The maximum absolute atomic E-state index is 12.9. The number of piperidine rings is 1. The standard InChI is InChI=1S/C23H24N4O/c1-26-14-7-12-23(22(26)28)13-15-27(16-23)21-18-10-5-6-11-19(18)24-20(25-21)17-8-3-2-4-9-17/h2-6,8-11H,7,12-16H2,1H3/t23-/m1/s1. The molecule has 0 radical (unpaired) electrons. The number of aromatic nitrogens is 2. The Morgan fingerprint density at radius 1 is 0.929 bits per heavy atom. The zero-order chi connectivity index (χ0) is 19.1. The van der Waals surface area contributed by atoms with Crippen LogP contribution in [0.2, 0.25) is 0 Å². The third-order valence-electron chi connectivity index (χ3n) is 6.22. The topological polar surface area (TPSA) is 49.3 Å². The van der Waals surface area contributed by atoms with Gasteiger partial charge in [-0.25, -0.2) is 9.97 Å². The summed E-state index contributed by atoms with van der Waals surface area (Å²) in [5, 5.41) is 1.05. The van der Waals surface area contributed by atoms with Crippen LogP contribution in [-0.2, 0) is 4.79 Å². The summed E-state index contributed by atoms with van der Waals surface area (Å²) in [6, 6.07) is 18.3. The molecule has 3 heterocycles. The fraction of sp³-hybridized carbons (Fsp3) is 0.348. The number of anilines is 1. The van der Waals surface area contributed by atoms with Crippen molar-refractivity contribution in [2.24, 2.45) is 5.41 Å². The minimum Gasteiger partial charge on any atom is -0.355 e. The van der Waals surface area contributed by atoms with E-state index >= 15 is 0 Å². The number of carbonyl (C=O) groups is 1. The summed E-state index contributed by atoms with van der Waals surface area (Å²) in [6.07, 6.45) is 2.95. The number of amides is 1. The molecule has 2 aliphatic heterocycles. The molecule has 28 heavy (non-hydrogen) atoms. The lowest BCUT2D eigenvalue weighted by Gasteiger charge is -2.37. The number of fused-ring (bicyclic) bond motifs is 1. The van der Waals surface area contributed by atoms with Crippen LogP contribution in [0, 0.1) is 5.41 Å². The van der Waals surface area contributed by atoms with Crippen molar-refractivity contribution >= 4 is 22.6 Å². The molecule has 0 aliphatic carbocycles. The zero-order valence-corrected chi connectivity index (χ0v) is 16.1. The molecule has 2 saturated heterocycles. The van der Waals surface area contributed by atoms with Gasteiger partial charge in [0.05, 0.1) is 10.9 Å². The van der Waals surface area contributed by atoms with Crippen molar-refractivity contribution in [2.45, 2.75) is 19.3 Å². The Hall–Kier alpha value is -2.95. The first-order valence-electron chi connectivity index (χ1n) is 9.99. The molecule has 0 unspecified atom stereocenters.